The monoisotopic (exact) mass is 227 g/mol. The van der Waals surface area contributed by atoms with Gasteiger partial charge in [0.05, 0.1) is 6.54 Å². The van der Waals surface area contributed by atoms with Gasteiger partial charge in [0, 0.05) is 6.04 Å². The molecule has 0 bridgehead atoms. The molecule has 94 valence electrons. The molecule has 3 heteroatoms. The molecule has 0 spiro atoms. The molecule has 1 aliphatic carbocycles. The first-order valence-corrected chi connectivity index (χ1v) is 6.30. The van der Waals surface area contributed by atoms with Crippen LogP contribution in [0.2, 0.25) is 0 Å². The van der Waals surface area contributed by atoms with Gasteiger partial charge in [0.15, 0.2) is 0 Å². The van der Waals surface area contributed by atoms with Gasteiger partial charge >= 0.3 is 5.97 Å². The maximum Gasteiger partial charge on any atom is 0.320 e. The Morgan fingerprint density at radius 2 is 1.81 bits per heavy atom. The Bertz CT molecular complexity index is 227. The fraction of sp³-hybridized carbons (Fsp3) is 0.923. The minimum absolute atomic E-state index is 0.111. The van der Waals surface area contributed by atoms with Crippen LogP contribution in [0, 0.1) is 0 Å². The zero-order valence-electron chi connectivity index (χ0n) is 11.1. The number of rotatable bonds is 3. The SMILES string of the molecule is CN(CC(=O)OC(C)(C)C)C1CCCCC1. The molecule has 1 aliphatic rings. The number of nitrogens with zero attached hydrogens (tertiary/aromatic N) is 1. The highest BCUT2D eigenvalue weighted by Gasteiger charge is 2.22. The van der Waals surface area contributed by atoms with Gasteiger partial charge in [-0.15, -0.1) is 0 Å². The lowest BCUT2D eigenvalue weighted by Crippen LogP contribution is -2.39. The van der Waals surface area contributed by atoms with E-state index in [1.807, 2.05) is 27.8 Å². The number of hydrogen-bond acceptors (Lipinski definition) is 3. The molecular weight excluding hydrogens is 202 g/mol. The van der Waals surface area contributed by atoms with Crippen molar-refractivity contribution < 1.29 is 9.53 Å². The van der Waals surface area contributed by atoms with Crippen molar-refractivity contribution in [2.75, 3.05) is 13.6 Å². The Kier molecular flexibility index (Phi) is 4.78. The van der Waals surface area contributed by atoms with Crippen LogP contribution in [0.5, 0.6) is 0 Å². The molecule has 0 aromatic heterocycles. The second-order valence-corrected chi connectivity index (χ2v) is 5.79. The smallest absolute Gasteiger partial charge is 0.320 e. The number of carbonyl (C=O) groups excluding carboxylic acids is 1. The van der Waals surface area contributed by atoms with E-state index in [1.165, 1.54) is 32.1 Å². The number of likely N-dealkylation sites (N-methyl/N-ethyl adjacent to an activating group) is 1. The molecule has 3 nitrogen and oxygen atoms in total. The molecule has 0 aliphatic heterocycles. The van der Waals surface area contributed by atoms with Crippen LogP contribution < -0.4 is 0 Å². The van der Waals surface area contributed by atoms with Gasteiger partial charge in [-0.05, 0) is 40.7 Å². The first-order chi connectivity index (χ1) is 7.38. The number of ether oxygens (including phenoxy) is 1. The highest BCUT2D eigenvalue weighted by molar-refractivity contribution is 5.72. The van der Waals surface area contributed by atoms with Crippen molar-refractivity contribution in [2.45, 2.75) is 64.5 Å². The van der Waals surface area contributed by atoms with Crippen molar-refractivity contribution in [3.63, 3.8) is 0 Å². The Hall–Kier alpha value is -0.570. The van der Waals surface area contributed by atoms with E-state index in [0.29, 0.717) is 12.6 Å². The van der Waals surface area contributed by atoms with Gasteiger partial charge in [-0.3, -0.25) is 9.69 Å². The van der Waals surface area contributed by atoms with Gasteiger partial charge in [0.1, 0.15) is 5.60 Å². The number of hydrogen-bond donors (Lipinski definition) is 0. The maximum absolute atomic E-state index is 11.6. The van der Waals surface area contributed by atoms with Crippen molar-refractivity contribution >= 4 is 5.97 Å². The molecule has 0 heterocycles. The third-order valence-corrected chi connectivity index (χ3v) is 3.00. The Labute approximate surface area is 99.1 Å². The highest BCUT2D eigenvalue weighted by atomic mass is 16.6. The summed E-state index contributed by atoms with van der Waals surface area (Å²) >= 11 is 0. The first kappa shape index (κ1) is 13.5. The van der Waals surface area contributed by atoms with E-state index in [4.69, 9.17) is 4.74 Å². The second-order valence-electron chi connectivity index (χ2n) is 5.79. The summed E-state index contributed by atoms with van der Waals surface area (Å²) in [6.07, 6.45) is 6.38. The zero-order valence-corrected chi connectivity index (χ0v) is 11.1. The van der Waals surface area contributed by atoms with E-state index in [2.05, 4.69) is 4.90 Å². The molecule has 0 N–H and O–H groups in total. The summed E-state index contributed by atoms with van der Waals surface area (Å²) in [5.74, 6) is -0.111. The third kappa shape index (κ3) is 4.97. The molecule has 16 heavy (non-hydrogen) atoms. The zero-order chi connectivity index (χ0) is 12.2. The molecule has 0 atom stereocenters. The molecule has 0 unspecified atom stereocenters. The van der Waals surface area contributed by atoms with Crippen molar-refractivity contribution in [1.82, 2.24) is 4.90 Å². The van der Waals surface area contributed by atoms with Gasteiger partial charge in [0.25, 0.3) is 0 Å². The third-order valence-electron chi connectivity index (χ3n) is 3.00. The standard InChI is InChI=1S/C13H25NO2/c1-13(2,3)16-12(15)10-14(4)11-8-6-5-7-9-11/h11H,5-10H2,1-4H3. The number of carbonyl (C=O) groups is 1. The average Bonchev–Trinajstić information content (AvgIpc) is 2.16. The normalized spacial score (nSPS) is 18.8. The minimum atomic E-state index is -0.371. The van der Waals surface area contributed by atoms with E-state index < -0.39 is 0 Å². The summed E-state index contributed by atoms with van der Waals surface area (Å²) in [7, 11) is 2.03. The Morgan fingerprint density at radius 3 is 2.31 bits per heavy atom. The van der Waals surface area contributed by atoms with Crippen LogP contribution in [0.25, 0.3) is 0 Å². The summed E-state index contributed by atoms with van der Waals surface area (Å²) in [4.78, 5) is 13.8. The number of esters is 1. The maximum atomic E-state index is 11.6. The lowest BCUT2D eigenvalue weighted by atomic mass is 9.94. The topological polar surface area (TPSA) is 29.5 Å². The van der Waals surface area contributed by atoms with E-state index >= 15 is 0 Å². The summed E-state index contributed by atoms with van der Waals surface area (Å²) < 4.78 is 5.32. The molecule has 0 aromatic carbocycles. The summed E-state index contributed by atoms with van der Waals surface area (Å²) in [6.45, 7) is 6.14. The van der Waals surface area contributed by atoms with Crippen molar-refractivity contribution in [1.29, 1.82) is 0 Å². The molecule has 1 fully saturated rings. The van der Waals surface area contributed by atoms with Crippen LogP contribution in [-0.4, -0.2) is 36.1 Å². The van der Waals surface area contributed by atoms with E-state index in [0.717, 1.165) is 0 Å². The predicted octanol–water partition coefficient (Wildman–Crippen LogP) is 2.59. The predicted molar refractivity (Wildman–Crippen MR) is 65.3 cm³/mol. The summed E-state index contributed by atoms with van der Waals surface area (Å²) in [6, 6.07) is 0.571. The minimum Gasteiger partial charge on any atom is -0.459 e. The van der Waals surface area contributed by atoms with Gasteiger partial charge in [0.2, 0.25) is 0 Å². The van der Waals surface area contributed by atoms with Crippen molar-refractivity contribution in [2.24, 2.45) is 0 Å². The van der Waals surface area contributed by atoms with Crippen LogP contribution in [0.3, 0.4) is 0 Å². The van der Waals surface area contributed by atoms with Crippen LogP contribution in [0.4, 0.5) is 0 Å². The van der Waals surface area contributed by atoms with E-state index in [1.54, 1.807) is 0 Å². The quantitative estimate of drug-likeness (QED) is 0.694. The summed E-state index contributed by atoms with van der Waals surface area (Å²) in [5, 5.41) is 0. The van der Waals surface area contributed by atoms with Gasteiger partial charge in [-0.2, -0.15) is 0 Å². The van der Waals surface area contributed by atoms with Crippen LogP contribution in [0.15, 0.2) is 0 Å². The van der Waals surface area contributed by atoms with Crippen molar-refractivity contribution in [3.05, 3.63) is 0 Å². The van der Waals surface area contributed by atoms with E-state index in [9.17, 15) is 4.79 Å². The molecule has 1 saturated carbocycles. The molecular formula is C13H25NO2. The van der Waals surface area contributed by atoms with Gasteiger partial charge in [-0.1, -0.05) is 19.3 Å². The molecule has 0 aromatic rings. The molecule has 0 radical (unpaired) electrons. The molecule has 0 saturated heterocycles. The Morgan fingerprint density at radius 1 is 1.25 bits per heavy atom. The van der Waals surface area contributed by atoms with E-state index in [-0.39, 0.29) is 11.6 Å². The van der Waals surface area contributed by atoms with Crippen LogP contribution in [-0.2, 0) is 9.53 Å². The fourth-order valence-electron chi connectivity index (χ4n) is 2.23. The van der Waals surface area contributed by atoms with Gasteiger partial charge in [-0.25, -0.2) is 0 Å². The highest BCUT2D eigenvalue weighted by Crippen LogP contribution is 2.21. The molecule has 0 amide bonds. The Balaban J connectivity index is 2.32. The largest absolute Gasteiger partial charge is 0.459 e. The second kappa shape index (κ2) is 5.67. The first-order valence-electron chi connectivity index (χ1n) is 6.30. The lowest BCUT2D eigenvalue weighted by molar-refractivity contribution is -0.156. The van der Waals surface area contributed by atoms with Gasteiger partial charge < -0.3 is 4.74 Å². The summed E-state index contributed by atoms with van der Waals surface area (Å²) in [5.41, 5.74) is -0.371. The molecule has 1 rings (SSSR count). The van der Waals surface area contributed by atoms with Crippen molar-refractivity contribution in [3.8, 4) is 0 Å². The van der Waals surface area contributed by atoms with Crippen LogP contribution >= 0.6 is 0 Å². The lowest BCUT2D eigenvalue weighted by Gasteiger charge is -2.31. The fourth-order valence-corrected chi connectivity index (χ4v) is 2.23. The average molecular weight is 227 g/mol. The van der Waals surface area contributed by atoms with Crippen LogP contribution in [0.1, 0.15) is 52.9 Å².